The van der Waals surface area contributed by atoms with Crippen LogP contribution in [0.1, 0.15) is 32.6 Å². The summed E-state index contributed by atoms with van der Waals surface area (Å²) in [7, 11) is 2.56. The molecule has 0 rings (SSSR count). The number of carboxylic acid groups (broad SMARTS) is 1. The van der Waals surface area contributed by atoms with E-state index < -0.39 is 23.8 Å². The van der Waals surface area contributed by atoms with Crippen molar-refractivity contribution in [3.63, 3.8) is 0 Å². The highest BCUT2D eigenvalue weighted by Gasteiger charge is 2.24. The van der Waals surface area contributed by atoms with Gasteiger partial charge in [0, 0.05) is 6.42 Å². The predicted molar refractivity (Wildman–Crippen MR) is 62.8 cm³/mol. The molecule has 0 fully saturated rings. The van der Waals surface area contributed by atoms with E-state index in [9.17, 15) is 14.4 Å². The van der Waals surface area contributed by atoms with E-state index in [-0.39, 0.29) is 18.8 Å². The molecule has 2 unspecified atom stereocenters. The van der Waals surface area contributed by atoms with E-state index in [0.29, 0.717) is 12.8 Å². The summed E-state index contributed by atoms with van der Waals surface area (Å²) in [4.78, 5) is 33.1. The van der Waals surface area contributed by atoms with Gasteiger partial charge in [-0.3, -0.25) is 14.4 Å². The van der Waals surface area contributed by atoms with Gasteiger partial charge in [0.2, 0.25) is 0 Å². The molecule has 0 aromatic carbocycles. The summed E-state index contributed by atoms with van der Waals surface area (Å²) in [6.07, 6.45) is 1.17. The minimum absolute atomic E-state index is 0.187. The summed E-state index contributed by atoms with van der Waals surface area (Å²) in [5, 5.41) is 9.03. The van der Waals surface area contributed by atoms with Gasteiger partial charge in [0.05, 0.1) is 26.1 Å². The van der Waals surface area contributed by atoms with Crippen LogP contribution < -0.4 is 0 Å². The van der Waals surface area contributed by atoms with Crippen LogP contribution in [0.25, 0.3) is 0 Å². The number of carbonyl (C=O) groups excluding carboxylic acids is 2. The predicted octanol–water partition coefficient (Wildman–Crippen LogP) is 1.23. The fourth-order valence-electron chi connectivity index (χ4n) is 1.66. The number of methoxy groups -OCH3 is 2. The van der Waals surface area contributed by atoms with Gasteiger partial charge in [-0.15, -0.1) is 0 Å². The Morgan fingerprint density at radius 1 is 1.17 bits per heavy atom. The third kappa shape index (κ3) is 6.22. The average Bonchev–Trinajstić information content (AvgIpc) is 2.35. The Morgan fingerprint density at radius 3 is 2.22 bits per heavy atom. The Bertz CT molecular complexity index is 299. The van der Waals surface area contributed by atoms with Gasteiger partial charge < -0.3 is 14.6 Å². The number of carboxylic acids is 1. The third-order valence-electron chi connectivity index (χ3n) is 2.75. The van der Waals surface area contributed by atoms with Crippen molar-refractivity contribution in [2.75, 3.05) is 14.2 Å². The van der Waals surface area contributed by atoms with Crippen LogP contribution in [-0.2, 0) is 23.9 Å². The second-order valence-electron chi connectivity index (χ2n) is 4.16. The maximum atomic E-state index is 11.2. The van der Waals surface area contributed by atoms with Crippen molar-refractivity contribution >= 4 is 17.9 Å². The maximum absolute atomic E-state index is 11.2. The van der Waals surface area contributed by atoms with Crippen molar-refractivity contribution in [3.8, 4) is 0 Å². The molecule has 0 aliphatic heterocycles. The summed E-state index contributed by atoms with van der Waals surface area (Å²) in [5.41, 5.74) is 0. The molecule has 6 nitrogen and oxygen atoms in total. The third-order valence-corrected chi connectivity index (χ3v) is 2.75. The Labute approximate surface area is 106 Å². The minimum atomic E-state index is -0.962. The first-order valence-corrected chi connectivity index (χ1v) is 5.79. The van der Waals surface area contributed by atoms with Crippen molar-refractivity contribution in [1.29, 1.82) is 0 Å². The van der Waals surface area contributed by atoms with E-state index in [0.717, 1.165) is 0 Å². The Balaban J connectivity index is 4.19. The second-order valence-corrected chi connectivity index (χ2v) is 4.16. The quantitative estimate of drug-likeness (QED) is 0.660. The molecule has 0 aliphatic carbocycles. The summed E-state index contributed by atoms with van der Waals surface area (Å²) >= 11 is 0. The maximum Gasteiger partial charge on any atom is 0.308 e. The first-order chi connectivity index (χ1) is 8.42. The molecular formula is C12H20O6. The van der Waals surface area contributed by atoms with Gasteiger partial charge in [0.1, 0.15) is 0 Å². The lowest BCUT2D eigenvalue weighted by atomic mass is 9.91. The monoisotopic (exact) mass is 260 g/mol. The number of hydrogen-bond acceptors (Lipinski definition) is 5. The Morgan fingerprint density at radius 2 is 1.78 bits per heavy atom. The van der Waals surface area contributed by atoms with Gasteiger partial charge in [0.25, 0.3) is 0 Å². The van der Waals surface area contributed by atoms with Crippen LogP contribution in [0.4, 0.5) is 0 Å². The zero-order chi connectivity index (χ0) is 14.1. The fraction of sp³-hybridized carbons (Fsp3) is 0.750. The van der Waals surface area contributed by atoms with Crippen molar-refractivity contribution in [2.45, 2.75) is 32.6 Å². The lowest BCUT2D eigenvalue weighted by Gasteiger charge is -2.15. The smallest absolute Gasteiger partial charge is 0.308 e. The van der Waals surface area contributed by atoms with E-state index in [1.807, 2.05) is 0 Å². The average molecular weight is 260 g/mol. The van der Waals surface area contributed by atoms with E-state index in [2.05, 4.69) is 9.47 Å². The molecule has 0 saturated heterocycles. The Kier molecular flexibility index (Phi) is 7.74. The Hall–Kier alpha value is -1.59. The van der Waals surface area contributed by atoms with Crippen LogP contribution >= 0.6 is 0 Å². The summed E-state index contributed by atoms with van der Waals surface area (Å²) in [5.74, 6) is -2.86. The molecule has 1 N–H and O–H groups in total. The van der Waals surface area contributed by atoms with Gasteiger partial charge in [0.15, 0.2) is 0 Å². The van der Waals surface area contributed by atoms with Crippen LogP contribution in [0.15, 0.2) is 0 Å². The van der Waals surface area contributed by atoms with Crippen LogP contribution in [-0.4, -0.2) is 37.2 Å². The summed E-state index contributed by atoms with van der Waals surface area (Å²) in [6, 6.07) is 0. The molecule has 0 aromatic heterocycles. The lowest BCUT2D eigenvalue weighted by Crippen LogP contribution is -2.22. The highest BCUT2D eigenvalue weighted by molar-refractivity contribution is 5.74. The topological polar surface area (TPSA) is 89.9 Å². The molecule has 0 aliphatic rings. The number of ether oxygens (including phenoxy) is 2. The first-order valence-electron chi connectivity index (χ1n) is 5.79. The molecule has 0 bridgehead atoms. The molecule has 0 radical (unpaired) electrons. The van der Waals surface area contributed by atoms with E-state index in [1.54, 1.807) is 6.92 Å². The second kappa shape index (κ2) is 8.49. The molecule has 104 valence electrons. The van der Waals surface area contributed by atoms with Gasteiger partial charge in [-0.1, -0.05) is 6.92 Å². The molecule has 0 amide bonds. The standard InChI is InChI=1S/C12H20O6/c1-8(12(16)18-3)7-9(11(14)15)5-4-6-10(13)17-2/h8-9H,4-7H2,1-3H3,(H,14,15). The van der Waals surface area contributed by atoms with Crippen LogP contribution in [0.2, 0.25) is 0 Å². The number of aliphatic carboxylic acids is 1. The normalized spacial score (nSPS) is 13.5. The van der Waals surface area contributed by atoms with Crippen molar-refractivity contribution in [1.82, 2.24) is 0 Å². The van der Waals surface area contributed by atoms with Crippen molar-refractivity contribution in [2.24, 2.45) is 11.8 Å². The molecule has 0 spiro atoms. The SMILES string of the molecule is COC(=O)CCCC(CC(C)C(=O)OC)C(=O)O. The number of esters is 2. The largest absolute Gasteiger partial charge is 0.481 e. The lowest BCUT2D eigenvalue weighted by molar-refractivity contribution is -0.148. The number of hydrogen-bond donors (Lipinski definition) is 1. The minimum Gasteiger partial charge on any atom is -0.481 e. The zero-order valence-corrected chi connectivity index (χ0v) is 11.0. The number of rotatable bonds is 8. The molecule has 0 saturated carbocycles. The fourth-order valence-corrected chi connectivity index (χ4v) is 1.66. The van der Waals surface area contributed by atoms with Gasteiger partial charge in [-0.25, -0.2) is 0 Å². The van der Waals surface area contributed by atoms with E-state index >= 15 is 0 Å². The molecule has 0 heterocycles. The zero-order valence-electron chi connectivity index (χ0n) is 11.0. The van der Waals surface area contributed by atoms with Crippen molar-refractivity contribution in [3.05, 3.63) is 0 Å². The highest BCUT2D eigenvalue weighted by atomic mass is 16.5. The van der Waals surface area contributed by atoms with Gasteiger partial charge >= 0.3 is 17.9 Å². The number of carbonyl (C=O) groups is 3. The van der Waals surface area contributed by atoms with Crippen LogP contribution in [0, 0.1) is 11.8 Å². The first kappa shape index (κ1) is 16.4. The summed E-state index contributed by atoms with van der Waals surface area (Å²) in [6.45, 7) is 1.63. The molecule has 2 atom stereocenters. The van der Waals surface area contributed by atoms with Crippen LogP contribution in [0.5, 0.6) is 0 Å². The van der Waals surface area contributed by atoms with E-state index in [4.69, 9.17) is 5.11 Å². The van der Waals surface area contributed by atoms with Crippen molar-refractivity contribution < 1.29 is 29.0 Å². The van der Waals surface area contributed by atoms with Crippen LogP contribution in [0.3, 0.4) is 0 Å². The molecule has 18 heavy (non-hydrogen) atoms. The molecule has 6 heteroatoms. The molecular weight excluding hydrogens is 240 g/mol. The molecule has 0 aromatic rings. The van der Waals surface area contributed by atoms with E-state index in [1.165, 1.54) is 14.2 Å². The van der Waals surface area contributed by atoms with Gasteiger partial charge in [-0.05, 0) is 19.3 Å². The summed E-state index contributed by atoms with van der Waals surface area (Å²) < 4.78 is 9.02. The highest BCUT2D eigenvalue weighted by Crippen LogP contribution is 2.19. The van der Waals surface area contributed by atoms with Gasteiger partial charge in [-0.2, -0.15) is 0 Å².